The Labute approximate surface area is 97.8 Å². The summed E-state index contributed by atoms with van der Waals surface area (Å²) in [6.07, 6.45) is 6.19. The number of likely N-dealkylation sites (tertiary alicyclic amines) is 1. The minimum atomic E-state index is 0.400. The molecular weight excluding hydrogens is 200 g/mol. The van der Waals surface area contributed by atoms with E-state index in [0.717, 1.165) is 19.6 Å². The van der Waals surface area contributed by atoms with E-state index in [1.54, 1.807) is 12.5 Å². The van der Waals surface area contributed by atoms with Crippen LogP contribution in [0.1, 0.15) is 32.3 Å². The SMILES string of the molecule is CC1(C)CCCN1CCNCc1ccoc1. The third-order valence-corrected chi connectivity index (χ3v) is 3.54. The van der Waals surface area contributed by atoms with E-state index in [9.17, 15) is 0 Å². The number of hydrogen-bond donors (Lipinski definition) is 1. The highest BCUT2D eigenvalue weighted by Gasteiger charge is 2.30. The summed E-state index contributed by atoms with van der Waals surface area (Å²) in [5.74, 6) is 0. The second-order valence-corrected chi connectivity index (χ2v) is 5.21. The summed E-state index contributed by atoms with van der Waals surface area (Å²) in [6.45, 7) is 9.04. The van der Waals surface area contributed by atoms with Crippen LogP contribution in [-0.2, 0) is 6.54 Å². The van der Waals surface area contributed by atoms with Gasteiger partial charge in [0.15, 0.2) is 0 Å². The van der Waals surface area contributed by atoms with Crippen LogP contribution >= 0.6 is 0 Å². The molecule has 0 amide bonds. The van der Waals surface area contributed by atoms with Gasteiger partial charge in [0.1, 0.15) is 0 Å². The number of rotatable bonds is 5. The molecule has 2 heterocycles. The molecule has 0 spiro atoms. The van der Waals surface area contributed by atoms with Gasteiger partial charge in [-0.15, -0.1) is 0 Å². The van der Waals surface area contributed by atoms with Gasteiger partial charge in [0, 0.05) is 30.7 Å². The van der Waals surface area contributed by atoms with Gasteiger partial charge in [0.25, 0.3) is 0 Å². The zero-order chi connectivity index (χ0) is 11.4. The fraction of sp³-hybridized carbons (Fsp3) is 0.692. The molecule has 16 heavy (non-hydrogen) atoms. The van der Waals surface area contributed by atoms with E-state index in [0.29, 0.717) is 5.54 Å². The maximum absolute atomic E-state index is 5.03. The lowest BCUT2D eigenvalue weighted by Crippen LogP contribution is -2.41. The van der Waals surface area contributed by atoms with Gasteiger partial charge in [-0.1, -0.05) is 0 Å². The minimum Gasteiger partial charge on any atom is -0.472 e. The number of nitrogens with one attached hydrogen (secondary N) is 1. The monoisotopic (exact) mass is 222 g/mol. The number of nitrogens with zero attached hydrogens (tertiary/aromatic N) is 1. The minimum absolute atomic E-state index is 0.400. The third-order valence-electron chi connectivity index (χ3n) is 3.54. The maximum atomic E-state index is 5.03. The van der Waals surface area contributed by atoms with Gasteiger partial charge >= 0.3 is 0 Å². The molecule has 0 radical (unpaired) electrons. The van der Waals surface area contributed by atoms with Crippen molar-refractivity contribution in [3.05, 3.63) is 24.2 Å². The quantitative estimate of drug-likeness (QED) is 0.775. The van der Waals surface area contributed by atoms with Crippen molar-refractivity contribution in [1.82, 2.24) is 10.2 Å². The summed E-state index contributed by atoms with van der Waals surface area (Å²) in [7, 11) is 0. The molecule has 1 saturated heterocycles. The van der Waals surface area contributed by atoms with Crippen molar-refractivity contribution in [2.75, 3.05) is 19.6 Å². The van der Waals surface area contributed by atoms with Gasteiger partial charge < -0.3 is 9.73 Å². The lowest BCUT2D eigenvalue weighted by atomic mass is 10.0. The van der Waals surface area contributed by atoms with Crippen molar-refractivity contribution in [3.8, 4) is 0 Å². The number of hydrogen-bond acceptors (Lipinski definition) is 3. The Balaban J connectivity index is 1.65. The zero-order valence-electron chi connectivity index (χ0n) is 10.3. The summed E-state index contributed by atoms with van der Waals surface area (Å²) >= 11 is 0. The topological polar surface area (TPSA) is 28.4 Å². The van der Waals surface area contributed by atoms with Crippen LogP contribution in [0.15, 0.2) is 23.0 Å². The lowest BCUT2D eigenvalue weighted by molar-refractivity contribution is 0.176. The summed E-state index contributed by atoms with van der Waals surface area (Å²) in [6, 6.07) is 2.01. The van der Waals surface area contributed by atoms with Gasteiger partial charge in [0.05, 0.1) is 12.5 Å². The molecule has 0 saturated carbocycles. The first-order valence-corrected chi connectivity index (χ1v) is 6.15. The van der Waals surface area contributed by atoms with Gasteiger partial charge in [-0.25, -0.2) is 0 Å². The first-order chi connectivity index (χ1) is 7.68. The average Bonchev–Trinajstić information content (AvgIpc) is 2.83. The van der Waals surface area contributed by atoms with Crippen molar-refractivity contribution in [2.24, 2.45) is 0 Å². The molecule has 1 fully saturated rings. The van der Waals surface area contributed by atoms with Gasteiger partial charge in [-0.05, 0) is 39.3 Å². The Morgan fingerprint density at radius 2 is 2.38 bits per heavy atom. The van der Waals surface area contributed by atoms with Crippen LogP contribution in [-0.4, -0.2) is 30.1 Å². The van der Waals surface area contributed by atoms with Crippen molar-refractivity contribution < 1.29 is 4.42 Å². The maximum Gasteiger partial charge on any atom is 0.0947 e. The zero-order valence-corrected chi connectivity index (χ0v) is 10.3. The Morgan fingerprint density at radius 3 is 3.00 bits per heavy atom. The molecule has 90 valence electrons. The van der Waals surface area contributed by atoms with Crippen LogP contribution in [0.25, 0.3) is 0 Å². The highest BCUT2D eigenvalue weighted by molar-refractivity contribution is 5.04. The lowest BCUT2D eigenvalue weighted by Gasteiger charge is -2.31. The van der Waals surface area contributed by atoms with E-state index in [1.807, 2.05) is 6.07 Å². The van der Waals surface area contributed by atoms with Crippen molar-refractivity contribution in [1.29, 1.82) is 0 Å². The molecule has 1 aromatic heterocycles. The second kappa shape index (κ2) is 5.02. The van der Waals surface area contributed by atoms with E-state index in [2.05, 4.69) is 24.1 Å². The standard InChI is InChI=1S/C13H22N2O/c1-13(2)5-3-7-15(13)8-6-14-10-12-4-9-16-11-12/h4,9,11,14H,3,5-8,10H2,1-2H3. The molecule has 0 unspecified atom stereocenters. The molecular formula is C13H22N2O. The normalized spacial score (nSPS) is 20.4. The molecule has 1 aliphatic heterocycles. The largest absolute Gasteiger partial charge is 0.472 e. The fourth-order valence-electron chi connectivity index (χ4n) is 2.42. The van der Waals surface area contributed by atoms with Crippen molar-refractivity contribution >= 4 is 0 Å². The van der Waals surface area contributed by atoms with Gasteiger partial charge in [-0.3, -0.25) is 4.90 Å². The Kier molecular flexibility index (Phi) is 3.66. The molecule has 1 aliphatic rings. The molecule has 1 aromatic rings. The summed E-state index contributed by atoms with van der Waals surface area (Å²) in [5.41, 5.74) is 1.62. The Hall–Kier alpha value is -0.800. The Bertz CT molecular complexity index is 306. The predicted molar refractivity (Wildman–Crippen MR) is 65.3 cm³/mol. The van der Waals surface area contributed by atoms with Crippen LogP contribution in [0, 0.1) is 0 Å². The van der Waals surface area contributed by atoms with Crippen LogP contribution in [0.2, 0.25) is 0 Å². The first-order valence-electron chi connectivity index (χ1n) is 6.15. The molecule has 3 heteroatoms. The van der Waals surface area contributed by atoms with Crippen LogP contribution in [0.3, 0.4) is 0 Å². The average molecular weight is 222 g/mol. The molecule has 0 bridgehead atoms. The smallest absolute Gasteiger partial charge is 0.0947 e. The van der Waals surface area contributed by atoms with E-state index in [1.165, 1.54) is 24.9 Å². The molecule has 0 aromatic carbocycles. The van der Waals surface area contributed by atoms with E-state index >= 15 is 0 Å². The second-order valence-electron chi connectivity index (χ2n) is 5.21. The predicted octanol–water partition coefficient (Wildman–Crippen LogP) is 2.24. The van der Waals surface area contributed by atoms with Gasteiger partial charge in [-0.2, -0.15) is 0 Å². The Morgan fingerprint density at radius 1 is 1.50 bits per heavy atom. The van der Waals surface area contributed by atoms with E-state index in [-0.39, 0.29) is 0 Å². The third kappa shape index (κ3) is 2.86. The highest BCUT2D eigenvalue weighted by atomic mass is 16.3. The van der Waals surface area contributed by atoms with Crippen LogP contribution in [0.5, 0.6) is 0 Å². The number of furan rings is 1. The molecule has 3 nitrogen and oxygen atoms in total. The van der Waals surface area contributed by atoms with Crippen molar-refractivity contribution in [2.45, 2.75) is 38.8 Å². The summed E-state index contributed by atoms with van der Waals surface area (Å²) in [4.78, 5) is 2.58. The first kappa shape index (κ1) is 11.7. The molecule has 1 N–H and O–H groups in total. The highest BCUT2D eigenvalue weighted by Crippen LogP contribution is 2.27. The van der Waals surface area contributed by atoms with Crippen LogP contribution < -0.4 is 5.32 Å². The fourth-order valence-corrected chi connectivity index (χ4v) is 2.42. The molecule has 2 rings (SSSR count). The molecule has 0 aliphatic carbocycles. The molecule has 0 atom stereocenters. The van der Waals surface area contributed by atoms with E-state index < -0.39 is 0 Å². The van der Waals surface area contributed by atoms with Crippen LogP contribution in [0.4, 0.5) is 0 Å². The van der Waals surface area contributed by atoms with Crippen molar-refractivity contribution in [3.63, 3.8) is 0 Å². The summed E-state index contributed by atoms with van der Waals surface area (Å²) in [5, 5.41) is 3.45. The van der Waals surface area contributed by atoms with Gasteiger partial charge in [0.2, 0.25) is 0 Å². The summed E-state index contributed by atoms with van der Waals surface area (Å²) < 4.78 is 5.03. The van der Waals surface area contributed by atoms with E-state index in [4.69, 9.17) is 4.42 Å².